The van der Waals surface area contributed by atoms with Gasteiger partial charge in [0.1, 0.15) is 11.6 Å². The molecule has 1 aliphatic heterocycles. The Kier molecular flexibility index (Phi) is 5.00. The molecule has 0 saturated carbocycles. The number of aromatic nitrogens is 3. The van der Waals surface area contributed by atoms with Gasteiger partial charge in [0.05, 0.1) is 16.5 Å². The van der Waals surface area contributed by atoms with Gasteiger partial charge in [-0.25, -0.2) is 9.67 Å². The number of aryl methyl sites for hydroxylation is 1. The number of hydrogen-bond donors (Lipinski definition) is 1. The van der Waals surface area contributed by atoms with Gasteiger partial charge in [0.2, 0.25) is 5.91 Å². The van der Waals surface area contributed by atoms with E-state index in [0.717, 1.165) is 34.7 Å². The first kappa shape index (κ1) is 17.8. The summed E-state index contributed by atoms with van der Waals surface area (Å²) in [5.74, 6) is -0.252. The van der Waals surface area contributed by atoms with Crippen molar-refractivity contribution in [3.05, 3.63) is 46.4 Å². The van der Waals surface area contributed by atoms with Crippen molar-refractivity contribution in [3.63, 3.8) is 0 Å². The van der Waals surface area contributed by atoms with Crippen LogP contribution in [0.4, 0.5) is 0 Å². The number of nitrogens with zero attached hydrogens (tertiary/aromatic N) is 3. The van der Waals surface area contributed by atoms with E-state index in [1.165, 1.54) is 16.0 Å². The highest BCUT2D eigenvalue weighted by atomic mass is 32.1. The van der Waals surface area contributed by atoms with Crippen LogP contribution in [0.1, 0.15) is 18.5 Å². The molecule has 0 unspecified atom stereocenters. The van der Waals surface area contributed by atoms with Gasteiger partial charge in [-0.3, -0.25) is 9.59 Å². The van der Waals surface area contributed by atoms with E-state index < -0.39 is 0 Å². The van der Waals surface area contributed by atoms with E-state index in [9.17, 15) is 9.59 Å². The predicted octanol–water partition coefficient (Wildman–Crippen LogP) is 2.12. The molecule has 8 heteroatoms. The zero-order valence-electron chi connectivity index (χ0n) is 15.0. The molecular formula is C19H20N4O3S. The topological polar surface area (TPSA) is 86.1 Å². The molecule has 1 atom stereocenters. The first-order valence-electron chi connectivity index (χ1n) is 8.94. The summed E-state index contributed by atoms with van der Waals surface area (Å²) in [6.45, 7) is 2.91. The molecule has 1 amide bonds. The summed E-state index contributed by atoms with van der Waals surface area (Å²) in [5.41, 5.74) is 1.66. The van der Waals surface area contributed by atoms with E-state index in [2.05, 4.69) is 15.4 Å². The molecular weight excluding hydrogens is 364 g/mol. The highest BCUT2D eigenvalue weighted by Crippen LogP contribution is 2.29. The van der Waals surface area contributed by atoms with Gasteiger partial charge in [0, 0.05) is 18.7 Å². The molecule has 0 aliphatic carbocycles. The van der Waals surface area contributed by atoms with Crippen molar-refractivity contribution in [3.8, 4) is 10.6 Å². The summed E-state index contributed by atoms with van der Waals surface area (Å²) >= 11 is 1.44. The molecule has 0 spiro atoms. The molecule has 140 valence electrons. The second kappa shape index (κ2) is 7.58. The van der Waals surface area contributed by atoms with Gasteiger partial charge >= 0.3 is 0 Å². The average molecular weight is 384 g/mol. The van der Waals surface area contributed by atoms with E-state index in [-0.39, 0.29) is 24.1 Å². The second-order valence-corrected chi connectivity index (χ2v) is 7.55. The van der Waals surface area contributed by atoms with Crippen LogP contribution in [0.5, 0.6) is 0 Å². The molecule has 3 aromatic rings. The molecule has 1 saturated heterocycles. The van der Waals surface area contributed by atoms with Crippen LogP contribution in [0.2, 0.25) is 0 Å². The first-order chi connectivity index (χ1) is 13.1. The number of rotatable bonds is 5. The van der Waals surface area contributed by atoms with Gasteiger partial charge in [0.25, 0.3) is 5.56 Å². The minimum Gasteiger partial charge on any atom is -0.376 e. The average Bonchev–Trinajstić information content (AvgIpc) is 3.35. The van der Waals surface area contributed by atoms with Crippen LogP contribution in [0.25, 0.3) is 20.8 Å². The lowest BCUT2D eigenvalue weighted by atomic mass is 10.2. The Morgan fingerprint density at radius 2 is 2.19 bits per heavy atom. The van der Waals surface area contributed by atoms with Crippen molar-refractivity contribution in [1.29, 1.82) is 0 Å². The van der Waals surface area contributed by atoms with Crippen LogP contribution in [-0.4, -0.2) is 39.9 Å². The van der Waals surface area contributed by atoms with Crippen molar-refractivity contribution in [2.75, 3.05) is 13.2 Å². The number of benzene rings is 1. The molecule has 7 nitrogen and oxygen atoms in total. The fourth-order valence-electron chi connectivity index (χ4n) is 3.14. The van der Waals surface area contributed by atoms with Gasteiger partial charge in [-0.1, -0.05) is 30.3 Å². The fourth-order valence-corrected chi connectivity index (χ4v) is 4.14. The highest BCUT2D eigenvalue weighted by molar-refractivity contribution is 7.21. The van der Waals surface area contributed by atoms with Crippen molar-refractivity contribution in [1.82, 2.24) is 20.1 Å². The minimum atomic E-state index is -0.346. The lowest BCUT2D eigenvalue weighted by Crippen LogP contribution is -2.37. The van der Waals surface area contributed by atoms with Gasteiger partial charge in [-0.2, -0.15) is 5.10 Å². The minimum absolute atomic E-state index is 0.0646. The lowest BCUT2D eigenvalue weighted by Gasteiger charge is -2.11. The third kappa shape index (κ3) is 3.77. The third-order valence-corrected chi connectivity index (χ3v) is 5.74. The third-order valence-electron chi connectivity index (χ3n) is 4.53. The number of amides is 1. The number of ether oxygens (including phenoxy) is 1. The Bertz CT molecular complexity index is 1020. The van der Waals surface area contributed by atoms with Gasteiger partial charge in [-0.05, 0) is 19.8 Å². The van der Waals surface area contributed by atoms with Crippen LogP contribution in [-0.2, 0) is 16.1 Å². The second-order valence-electron chi connectivity index (χ2n) is 6.55. The number of fused-ring (bicyclic) bond motifs is 1. The Balaban J connectivity index is 1.57. The quantitative estimate of drug-likeness (QED) is 0.728. The molecule has 4 rings (SSSR count). The SMILES string of the molecule is Cc1nn(CC(=O)NC[C@@H]2CCCO2)c(=O)c2nc(-c3ccccc3)sc12. The summed E-state index contributed by atoms with van der Waals surface area (Å²) in [7, 11) is 0. The standard InChI is InChI=1S/C19H20N4O3S/c1-12-17-16(21-18(27-17)13-6-3-2-4-7-13)19(25)23(22-12)11-15(24)20-10-14-8-5-9-26-14/h2-4,6-7,14H,5,8-11H2,1H3,(H,20,24)/t14-/m0/s1. The number of carbonyl (C=O) groups is 1. The molecule has 0 radical (unpaired) electrons. The lowest BCUT2D eigenvalue weighted by molar-refractivity contribution is -0.122. The summed E-state index contributed by atoms with van der Waals surface area (Å²) in [6.07, 6.45) is 2.03. The van der Waals surface area contributed by atoms with E-state index in [1.54, 1.807) is 0 Å². The fraction of sp³-hybridized carbons (Fsp3) is 0.368. The van der Waals surface area contributed by atoms with Crippen molar-refractivity contribution in [2.45, 2.75) is 32.4 Å². The Hall–Kier alpha value is -2.58. The largest absolute Gasteiger partial charge is 0.376 e. The molecule has 1 N–H and O–H groups in total. The van der Waals surface area contributed by atoms with Crippen LogP contribution in [0.15, 0.2) is 35.1 Å². The van der Waals surface area contributed by atoms with Crippen LogP contribution < -0.4 is 10.9 Å². The zero-order chi connectivity index (χ0) is 18.8. The number of nitrogens with one attached hydrogen (secondary N) is 1. The smallest absolute Gasteiger partial charge is 0.294 e. The predicted molar refractivity (Wildman–Crippen MR) is 104 cm³/mol. The Morgan fingerprint density at radius 3 is 2.93 bits per heavy atom. The number of carbonyl (C=O) groups excluding carboxylic acids is 1. The van der Waals surface area contributed by atoms with Gasteiger partial charge < -0.3 is 10.1 Å². The van der Waals surface area contributed by atoms with E-state index >= 15 is 0 Å². The Labute approximate surface area is 160 Å². The monoisotopic (exact) mass is 384 g/mol. The summed E-state index contributed by atoms with van der Waals surface area (Å²) in [6, 6.07) is 9.72. The molecule has 2 aromatic heterocycles. The Morgan fingerprint density at radius 1 is 1.37 bits per heavy atom. The maximum atomic E-state index is 12.8. The summed E-state index contributed by atoms with van der Waals surface area (Å²) in [5, 5.41) is 7.90. The van der Waals surface area contributed by atoms with Crippen molar-refractivity contribution >= 4 is 27.5 Å². The maximum absolute atomic E-state index is 12.8. The highest BCUT2D eigenvalue weighted by Gasteiger charge is 2.18. The van der Waals surface area contributed by atoms with Gasteiger partial charge in [-0.15, -0.1) is 11.3 Å². The van der Waals surface area contributed by atoms with Crippen LogP contribution in [0, 0.1) is 6.92 Å². The van der Waals surface area contributed by atoms with E-state index in [0.29, 0.717) is 17.8 Å². The molecule has 1 fully saturated rings. The number of thiazole rings is 1. The van der Waals surface area contributed by atoms with Crippen LogP contribution in [0.3, 0.4) is 0 Å². The van der Waals surface area contributed by atoms with E-state index in [4.69, 9.17) is 4.74 Å². The molecule has 27 heavy (non-hydrogen) atoms. The van der Waals surface area contributed by atoms with Crippen molar-refractivity contribution in [2.24, 2.45) is 0 Å². The summed E-state index contributed by atoms with van der Waals surface area (Å²) < 4.78 is 7.44. The normalized spacial score (nSPS) is 16.7. The first-order valence-corrected chi connectivity index (χ1v) is 9.75. The van der Waals surface area contributed by atoms with Crippen molar-refractivity contribution < 1.29 is 9.53 Å². The number of hydrogen-bond acceptors (Lipinski definition) is 6. The van der Waals surface area contributed by atoms with Crippen LogP contribution >= 0.6 is 11.3 Å². The molecule has 0 bridgehead atoms. The molecule has 1 aromatic carbocycles. The maximum Gasteiger partial charge on any atom is 0.294 e. The summed E-state index contributed by atoms with van der Waals surface area (Å²) in [4.78, 5) is 29.5. The van der Waals surface area contributed by atoms with E-state index in [1.807, 2.05) is 37.3 Å². The van der Waals surface area contributed by atoms with Gasteiger partial charge in [0.15, 0.2) is 5.52 Å². The molecule has 1 aliphatic rings. The zero-order valence-corrected chi connectivity index (χ0v) is 15.8. The molecule has 3 heterocycles.